The first-order chi connectivity index (χ1) is 15.8. The van der Waals surface area contributed by atoms with Gasteiger partial charge < -0.3 is 29.2 Å². The first-order valence-corrected chi connectivity index (χ1v) is 10.7. The predicted molar refractivity (Wildman–Crippen MR) is 114 cm³/mol. The number of nitrogens with one attached hydrogen (secondary N) is 1. The number of amides is 2. The fourth-order valence-electron chi connectivity index (χ4n) is 3.64. The molecule has 8 nitrogen and oxygen atoms in total. The molecule has 1 N–H and O–H groups in total. The maximum atomic E-state index is 13.2. The summed E-state index contributed by atoms with van der Waals surface area (Å²) in [7, 11) is 0. The number of alkyl halides is 2. The second-order valence-electron chi connectivity index (χ2n) is 7.61. The van der Waals surface area contributed by atoms with Gasteiger partial charge in [0, 0.05) is 30.4 Å². The van der Waals surface area contributed by atoms with Gasteiger partial charge in [0.05, 0.1) is 6.61 Å². The number of ether oxygens (including phenoxy) is 4. The van der Waals surface area contributed by atoms with Crippen molar-refractivity contribution in [3.8, 4) is 23.0 Å². The summed E-state index contributed by atoms with van der Waals surface area (Å²) >= 11 is 0. The molecule has 1 saturated heterocycles. The van der Waals surface area contributed by atoms with Crippen LogP contribution < -0.4 is 24.3 Å². The van der Waals surface area contributed by atoms with Gasteiger partial charge in [-0.2, -0.15) is 0 Å². The molecule has 0 unspecified atom stereocenters. The number of rotatable bonds is 7. The fraction of sp³-hybridized carbons (Fsp3) is 0.391. The van der Waals surface area contributed by atoms with Crippen molar-refractivity contribution in [1.82, 2.24) is 4.90 Å². The molecule has 2 amide bonds. The largest absolute Gasteiger partial charge is 0.586 e. The fourth-order valence-corrected chi connectivity index (χ4v) is 3.64. The van der Waals surface area contributed by atoms with E-state index in [1.54, 1.807) is 17.9 Å². The van der Waals surface area contributed by atoms with Crippen molar-refractivity contribution in [2.24, 2.45) is 0 Å². The Morgan fingerprint density at radius 2 is 1.76 bits per heavy atom. The first-order valence-electron chi connectivity index (χ1n) is 10.7. The lowest BCUT2D eigenvalue weighted by Crippen LogP contribution is -2.38. The average Bonchev–Trinajstić information content (AvgIpc) is 3.11. The molecule has 2 aromatic rings. The van der Waals surface area contributed by atoms with Crippen molar-refractivity contribution in [2.45, 2.75) is 32.5 Å². The van der Waals surface area contributed by atoms with Gasteiger partial charge in [-0.05, 0) is 56.5 Å². The quantitative estimate of drug-likeness (QED) is 0.668. The SMILES string of the molecule is CCOc1cc(C(=O)Nc2ccc3c(c2)OC(F)(F)O3)ccc1OCC(=O)N1CCCCC1. The van der Waals surface area contributed by atoms with Gasteiger partial charge in [-0.1, -0.05) is 0 Å². The van der Waals surface area contributed by atoms with E-state index in [4.69, 9.17) is 9.47 Å². The monoisotopic (exact) mass is 462 g/mol. The van der Waals surface area contributed by atoms with Crippen LogP contribution in [0.4, 0.5) is 14.5 Å². The Morgan fingerprint density at radius 3 is 2.52 bits per heavy atom. The van der Waals surface area contributed by atoms with Crippen molar-refractivity contribution in [3.05, 3.63) is 42.0 Å². The highest BCUT2D eigenvalue weighted by Gasteiger charge is 2.43. The number of likely N-dealkylation sites (tertiary alicyclic amines) is 1. The summed E-state index contributed by atoms with van der Waals surface area (Å²) in [5.74, 6) is -0.192. The summed E-state index contributed by atoms with van der Waals surface area (Å²) in [6, 6.07) is 8.55. The number of carbonyl (C=O) groups excluding carboxylic acids is 2. The van der Waals surface area contributed by atoms with Gasteiger partial charge in [0.2, 0.25) is 0 Å². The van der Waals surface area contributed by atoms with Crippen molar-refractivity contribution in [1.29, 1.82) is 0 Å². The van der Waals surface area contributed by atoms with Crippen molar-refractivity contribution >= 4 is 17.5 Å². The number of nitrogens with zero attached hydrogens (tertiary/aromatic N) is 1. The third-order valence-corrected chi connectivity index (χ3v) is 5.22. The van der Waals surface area contributed by atoms with Crippen LogP contribution in [0.1, 0.15) is 36.5 Å². The molecule has 0 radical (unpaired) electrons. The van der Waals surface area contributed by atoms with E-state index in [-0.39, 0.29) is 35.3 Å². The zero-order valence-corrected chi connectivity index (χ0v) is 18.1. The second kappa shape index (κ2) is 9.51. The molecule has 2 aliphatic heterocycles. The lowest BCUT2D eigenvalue weighted by Gasteiger charge is -2.26. The summed E-state index contributed by atoms with van der Waals surface area (Å²) in [6.07, 6.45) is -0.624. The van der Waals surface area contributed by atoms with E-state index in [1.165, 1.54) is 30.3 Å². The number of halogens is 2. The summed E-state index contributed by atoms with van der Waals surface area (Å²) in [4.78, 5) is 26.8. The molecule has 0 saturated carbocycles. The van der Waals surface area contributed by atoms with Crippen molar-refractivity contribution in [2.75, 3.05) is 31.6 Å². The Hall–Kier alpha value is -3.56. The molecule has 33 heavy (non-hydrogen) atoms. The Morgan fingerprint density at radius 1 is 1.00 bits per heavy atom. The van der Waals surface area contributed by atoms with Gasteiger partial charge in [-0.15, -0.1) is 8.78 Å². The molecule has 176 valence electrons. The van der Waals surface area contributed by atoms with Crippen molar-refractivity contribution < 1.29 is 37.3 Å². The highest BCUT2D eigenvalue weighted by atomic mass is 19.3. The standard InChI is InChI=1S/C23H24F2N2O6/c1-2-30-19-12-15(6-8-17(19)31-14-21(28)27-10-4-3-5-11-27)22(29)26-16-7-9-18-20(13-16)33-23(24,25)32-18/h6-9,12-13H,2-5,10-11,14H2,1H3,(H,26,29). The maximum Gasteiger partial charge on any atom is 0.586 e. The zero-order valence-electron chi connectivity index (χ0n) is 18.1. The third-order valence-electron chi connectivity index (χ3n) is 5.22. The van der Waals surface area contributed by atoms with Crippen LogP contribution in [-0.4, -0.2) is 49.3 Å². The molecular weight excluding hydrogens is 438 g/mol. The minimum atomic E-state index is -3.73. The maximum absolute atomic E-state index is 13.2. The molecule has 10 heteroatoms. The van der Waals surface area contributed by atoms with E-state index in [0.717, 1.165) is 32.4 Å². The number of benzene rings is 2. The smallest absolute Gasteiger partial charge is 0.490 e. The summed E-state index contributed by atoms with van der Waals surface area (Å²) in [6.45, 7) is 3.47. The van der Waals surface area contributed by atoms with Gasteiger partial charge in [-0.25, -0.2) is 0 Å². The summed E-state index contributed by atoms with van der Waals surface area (Å²) in [5.41, 5.74) is 0.515. The van der Waals surface area contributed by atoms with Gasteiger partial charge in [-0.3, -0.25) is 9.59 Å². The molecule has 2 heterocycles. The molecule has 2 aliphatic rings. The van der Waals surface area contributed by atoms with Gasteiger partial charge in [0.15, 0.2) is 29.6 Å². The van der Waals surface area contributed by atoms with E-state index >= 15 is 0 Å². The van der Waals surface area contributed by atoms with Crippen LogP contribution in [-0.2, 0) is 4.79 Å². The molecule has 0 spiro atoms. The molecule has 0 atom stereocenters. The predicted octanol–water partition coefficient (Wildman–Crippen LogP) is 4.05. The number of fused-ring (bicyclic) bond motifs is 1. The van der Waals surface area contributed by atoms with E-state index in [2.05, 4.69) is 14.8 Å². The number of carbonyl (C=O) groups is 2. The van der Waals surface area contributed by atoms with Gasteiger partial charge in [0.1, 0.15) is 0 Å². The average molecular weight is 462 g/mol. The van der Waals surface area contributed by atoms with Crippen LogP contribution in [0.15, 0.2) is 36.4 Å². The third kappa shape index (κ3) is 5.44. The number of hydrogen-bond acceptors (Lipinski definition) is 6. The summed E-state index contributed by atoms with van der Waals surface area (Å²) in [5, 5.41) is 2.62. The Kier molecular flexibility index (Phi) is 6.52. The molecule has 1 fully saturated rings. The van der Waals surface area contributed by atoms with E-state index in [1.807, 2.05) is 0 Å². The molecular formula is C23H24F2N2O6. The zero-order chi connectivity index (χ0) is 23.4. The second-order valence-corrected chi connectivity index (χ2v) is 7.61. The van der Waals surface area contributed by atoms with Crippen LogP contribution in [0, 0.1) is 0 Å². The Labute approximate surface area is 189 Å². The molecule has 0 aliphatic carbocycles. The highest BCUT2D eigenvalue weighted by Crippen LogP contribution is 2.42. The lowest BCUT2D eigenvalue weighted by molar-refractivity contribution is -0.286. The van der Waals surface area contributed by atoms with E-state index in [9.17, 15) is 18.4 Å². The normalized spacial score (nSPS) is 16.3. The number of hydrogen-bond donors (Lipinski definition) is 1. The van der Waals surface area contributed by atoms with Crippen LogP contribution in [0.3, 0.4) is 0 Å². The molecule has 0 bridgehead atoms. The minimum absolute atomic E-state index is 0.0904. The van der Waals surface area contributed by atoms with Crippen LogP contribution in [0.25, 0.3) is 0 Å². The molecule has 0 aromatic heterocycles. The van der Waals surface area contributed by atoms with E-state index < -0.39 is 12.2 Å². The molecule has 4 rings (SSSR count). The van der Waals surface area contributed by atoms with Crippen LogP contribution >= 0.6 is 0 Å². The van der Waals surface area contributed by atoms with Crippen molar-refractivity contribution in [3.63, 3.8) is 0 Å². The van der Waals surface area contributed by atoms with Gasteiger partial charge >= 0.3 is 6.29 Å². The topological polar surface area (TPSA) is 86.3 Å². The highest BCUT2D eigenvalue weighted by molar-refractivity contribution is 6.04. The number of anilines is 1. The van der Waals surface area contributed by atoms with Crippen LogP contribution in [0.2, 0.25) is 0 Å². The first kappa shape index (κ1) is 22.6. The van der Waals surface area contributed by atoms with Gasteiger partial charge in [0.25, 0.3) is 11.8 Å². The number of piperidine rings is 1. The Balaban J connectivity index is 1.42. The van der Waals surface area contributed by atoms with E-state index in [0.29, 0.717) is 18.1 Å². The molecule has 2 aromatic carbocycles. The van der Waals surface area contributed by atoms with Crippen LogP contribution in [0.5, 0.6) is 23.0 Å². The Bertz CT molecular complexity index is 1040. The summed E-state index contributed by atoms with van der Waals surface area (Å²) < 4.78 is 46.4. The minimum Gasteiger partial charge on any atom is -0.490 e. The lowest BCUT2D eigenvalue weighted by atomic mass is 10.1.